The zero-order valence-corrected chi connectivity index (χ0v) is 11.1. The Morgan fingerprint density at radius 3 is 2.47 bits per heavy atom. The fourth-order valence-electron chi connectivity index (χ4n) is 2.11. The van der Waals surface area contributed by atoms with Crippen LogP contribution in [-0.2, 0) is 13.0 Å². The van der Waals surface area contributed by atoms with Gasteiger partial charge in [-0.2, -0.15) is 0 Å². The average Bonchev–Trinajstić information content (AvgIpc) is 2.39. The van der Waals surface area contributed by atoms with Crippen molar-refractivity contribution in [1.82, 2.24) is 0 Å². The van der Waals surface area contributed by atoms with Gasteiger partial charge in [0.15, 0.2) is 0 Å². The molecule has 2 aromatic carbocycles. The SMILES string of the molecule is CN(Cc1ccccc1)c1cc(F)cc(CCN)c1. The highest BCUT2D eigenvalue weighted by Gasteiger charge is 2.06. The summed E-state index contributed by atoms with van der Waals surface area (Å²) in [5.41, 5.74) is 8.55. The molecule has 0 aliphatic carbocycles. The van der Waals surface area contributed by atoms with E-state index in [0.29, 0.717) is 13.0 Å². The minimum atomic E-state index is -0.208. The summed E-state index contributed by atoms with van der Waals surface area (Å²) >= 11 is 0. The van der Waals surface area contributed by atoms with Gasteiger partial charge in [-0.15, -0.1) is 0 Å². The van der Waals surface area contributed by atoms with E-state index in [1.54, 1.807) is 12.1 Å². The molecule has 0 unspecified atom stereocenters. The number of anilines is 1. The van der Waals surface area contributed by atoms with Crippen molar-refractivity contribution in [3.8, 4) is 0 Å². The van der Waals surface area contributed by atoms with Crippen LogP contribution in [0.5, 0.6) is 0 Å². The largest absolute Gasteiger partial charge is 0.370 e. The fraction of sp³-hybridized carbons (Fsp3) is 0.250. The highest BCUT2D eigenvalue weighted by Crippen LogP contribution is 2.19. The summed E-state index contributed by atoms with van der Waals surface area (Å²) < 4.78 is 13.6. The molecule has 0 fully saturated rings. The monoisotopic (exact) mass is 258 g/mol. The molecular formula is C16H19FN2. The Labute approximate surface area is 113 Å². The van der Waals surface area contributed by atoms with E-state index in [0.717, 1.165) is 17.8 Å². The lowest BCUT2D eigenvalue weighted by Crippen LogP contribution is -2.17. The van der Waals surface area contributed by atoms with Gasteiger partial charge < -0.3 is 10.6 Å². The molecule has 3 heteroatoms. The van der Waals surface area contributed by atoms with Gasteiger partial charge in [-0.25, -0.2) is 4.39 Å². The summed E-state index contributed by atoms with van der Waals surface area (Å²) in [4.78, 5) is 2.04. The first-order chi connectivity index (χ1) is 9.19. The van der Waals surface area contributed by atoms with Crippen LogP contribution in [0, 0.1) is 5.82 Å². The number of nitrogens with two attached hydrogens (primary N) is 1. The van der Waals surface area contributed by atoms with E-state index in [1.807, 2.05) is 36.2 Å². The van der Waals surface area contributed by atoms with Gasteiger partial charge in [0.2, 0.25) is 0 Å². The highest BCUT2D eigenvalue weighted by atomic mass is 19.1. The first-order valence-corrected chi connectivity index (χ1v) is 6.43. The lowest BCUT2D eigenvalue weighted by atomic mass is 10.1. The van der Waals surface area contributed by atoms with Gasteiger partial charge >= 0.3 is 0 Å². The lowest BCUT2D eigenvalue weighted by molar-refractivity contribution is 0.624. The Hall–Kier alpha value is -1.87. The standard InChI is InChI=1S/C16H19FN2/c1-19(12-13-5-3-2-4-6-13)16-10-14(7-8-18)9-15(17)11-16/h2-6,9-11H,7-8,12,18H2,1H3. The fourth-order valence-corrected chi connectivity index (χ4v) is 2.11. The molecule has 2 rings (SSSR count). The van der Waals surface area contributed by atoms with Crippen LogP contribution in [-0.4, -0.2) is 13.6 Å². The maximum absolute atomic E-state index is 13.6. The van der Waals surface area contributed by atoms with Gasteiger partial charge in [0.05, 0.1) is 0 Å². The number of rotatable bonds is 5. The van der Waals surface area contributed by atoms with Crippen molar-refractivity contribution in [2.45, 2.75) is 13.0 Å². The number of halogens is 1. The van der Waals surface area contributed by atoms with Crippen molar-refractivity contribution in [2.24, 2.45) is 5.73 Å². The Kier molecular flexibility index (Phi) is 4.53. The van der Waals surface area contributed by atoms with Gasteiger partial charge in [-0.1, -0.05) is 30.3 Å². The second-order valence-electron chi connectivity index (χ2n) is 4.70. The van der Waals surface area contributed by atoms with Crippen molar-refractivity contribution >= 4 is 5.69 Å². The highest BCUT2D eigenvalue weighted by molar-refractivity contribution is 5.49. The molecule has 0 aliphatic rings. The van der Waals surface area contributed by atoms with Crippen molar-refractivity contribution in [2.75, 3.05) is 18.5 Å². The summed E-state index contributed by atoms with van der Waals surface area (Å²) in [5, 5.41) is 0. The summed E-state index contributed by atoms with van der Waals surface area (Å²) in [6.07, 6.45) is 0.698. The second kappa shape index (κ2) is 6.34. The molecule has 100 valence electrons. The van der Waals surface area contributed by atoms with E-state index in [9.17, 15) is 4.39 Å². The van der Waals surface area contributed by atoms with E-state index in [4.69, 9.17) is 5.73 Å². The number of hydrogen-bond donors (Lipinski definition) is 1. The molecular weight excluding hydrogens is 239 g/mol. The topological polar surface area (TPSA) is 29.3 Å². The average molecular weight is 258 g/mol. The summed E-state index contributed by atoms with van der Waals surface area (Å²) in [6, 6.07) is 15.2. The van der Waals surface area contributed by atoms with Crippen molar-refractivity contribution in [3.63, 3.8) is 0 Å². The van der Waals surface area contributed by atoms with Crippen molar-refractivity contribution in [3.05, 3.63) is 65.5 Å². The van der Waals surface area contributed by atoms with Crippen LogP contribution >= 0.6 is 0 Å². The maximum atomic E-state index is 13.6. The van der Waals surface area contributed by atoms with Crippen LogP contribution in [0.4, 0.5) is 10.1 Å². The molecule has 2 nitrogen and oxygen atoms in total. The molecule has 0 bridgehead atoms. The van der Waals surface area contributed by atoms with Gasteiger partial charge in [0.25, 0.3) is 0 Å². The number of hydrogen-bond acceptors (Lipinski definition) is 2. The van der Waals surface area contributed by atoms with Gasteiger partial charge in [-0.3, -0.25) is 0 Å². The normalized spacial score (nSPS) is 10.5. The van der Waals surface area contributed by atoms with Gasteiger partial charge in [-0.05, 0) is 42.3 Å². The molecule has 2 N–H and O–H groups in total. The van der Waals surface area contributed by atoms with E-state index in [-0.39, 0.29) is 5.82 Å². The Morgan fingerprint density at radius 1 is 1.05 bits per heavy atom. The lowest BCUT2D eigenvalue weighted by Gasteiger charge is -2.20. The summed E-state index contributed by atoms with van der Waals surface area (Å²) in [5.74, 6) is -0.208. The molecule has 19 heavy (non-hydrogen) atoms. The van der Waals surface area contributed by atoms with E-state index in [1.165, 1.54) is 5.56 Å². The van der Waals surface area contributed by atoms with Gasteiger partial charge in [0.1, 0.15) is 5.82 Å². The van der Waals surface area contributed by atoms with Crippen LogP contribution in [0.3, 0.4) is 0 Å². The summed E-state index contributed by atoms with van der Waals surface area (Å²) in [7, 11) is 1.97. The molecule has 0 saturated heterocycles. The second-order valence-corrected chi connectivity index (χ2v) is 4.70. The third-order valence-electron chi connectivity index (χ3n) is 3.08. The minimum absolute atomic E-state index is 0.208. The van der Waals surface area contributed by atoms with Crippen molar-refractivity contribution in [1.29, 1.82) is 0 Å². The first-order valence-electron chi connectivity index (χ1n) is 6.43. The summed E-state index contributed by atoms with van der Waals surface area (Å²) in [6.45, 7) is 1.29. The quantitative estimate of drug-likeness (QED) is 0.893. The molecule has 0 amide bonds. The number of nitrogens with zero attached hydrogens (tertiary/aromatic N) is 1. The minimum Gasteiger partial charge on any atom is -0.370 e. The van der Waals surface area contributed by atoms with Crippen LogP contribution in [0.25, 0.3) is 0 Å². The van der Waals surface area contributed by atoms with Crippen LogP contribution < -0.4 is 10.6 Å². The molecule has 0 atom stereocenters. The molecule has 2 aromatic rings. The van der Waals surface area contributed by atoms with Crippen molar-refractivity contribution < 1.29 is 4.39 Å². The zero-order valence-electron chi connectivity index (χ0n) is 11.1. The smallest absolute Gasteiger partial charge is 0.125 e. The predicted molar refractivity (Wildman–Crippen MR) is 77.7 cm³/mol. The molecule has 0 aromatic heterocycles. The molecule has 0 radical (unpaired) electrons. The van der Waals surface area contributed by atoms with E-state index in [2.05, 4.69) is 12.1 Å². The molecule has 0 saturated carbocycles. The van der Waals surface area contributed by atoms with E-state index < -0.39 is 0 Å². The predicted octanol–water partition coefficient (Wildman–Crippen LogP) is 2.96. The maximum Gasteiger partial charge on any atom is 0.125 e. The van der Waals surface area contributed by atoms with Crippen LogP contribution in [0.1, 0.15) is 11.1 Å². The van der Waals surface area contributed by atoms with E-state index >= 15 is 0 Å². The number of benzene rings is 2. The third-order valence-corrected chi connectivity index (χ3v) is 3.08. The molecule has 0 heterocycles. The Bertz CT molecular complexity index is 526. The first kappa shape index (κ1) is 13.6. The molecule has 0 aliphatic heterocycles. The Morgan fingerprint density at radius 2 is 1.79 bits per heavy atom. The van der Waals surface area contributed by atoms with Crippen LogP contribution in [0.15, 0.2) is 48.5 Å². The third kappa shape index (κ3) is 3.80. The molecule has 0 spiro atoms. The Balaban J connectivity index is 2.16. The van der Waals surface area contributed by atoms with Gasteiger partial charge in [0, 0.05) is 19.3 Å². The van der Waals surface area contributed by atoms with Crippen LogP contribution in [0.2, 0.25) is 0 Å². The zero-order chi connectivity index (χ0) is 13.7.